The summed E-state index contributed by atoms with van der Waals surface area (Å²) in [4.78, 5) is 32.3. The number of carbonyl (C=O) groups excluding carboxylic acids is 1. The molecule has 0 amide bonds. The van der Waals surface area contributed by atoms with Crippen molar-refractivity contribution in [3.63, 3.8) is 0 Å². The molecular weight excluding hydrogens is 572 g/mol. The van der Waals surface area contributed by atoms with Crippen LogP contribution < -0.4 is 29.1 Å². The Morgan fingerprint density at radius 3 is 2.20 bits per heavy atom. The lowest BCUT2D eigenvalue weighted by atomic mass is 9.83. The second-order valence-corrected chi connectivity index (χ2v) is 11.6. The van der Waals surface area contributed by atoms with Crippen LogP contribution in [-0.2, 0) is 6.42 Å². The van der Waals surface area contributed by atoms with Crippen molar-refractivity contribution in [1.82, 2.24) is 4.57 Å². The van der Waals surface area contributed by atoms with Gasteiger partial charge in [0.25, 0.3) is 5.56 Å². The Bertz CT molecular complexity index is 2090. The molecule has 7 rings (SSSR count). The van der Waals surface area contributed by atoms with E-state index in [0.29, 0.717) is 26.4 Å². The van der Waals surface area contributed by atoms with E-state index < -0.39 is 5.97 Å². The van der Waals surface area contributed by atoms with Gasteiger partial charge in [-0.1, -0.05) is 59.9 Å². The van der Waals surface area contributed by atoms with Crippen molar-refractivity contribution < 1.29 is 19.0 Å². The van der Waals surface area contributed by atoms with Gasteiger partial charge >= 0.3 is 5.97 Å². The van der Waals surface area contributed by atoms with Gasteiger partial charge in [0.05, 0.1) is 36.1 Å². The van der Waals surface area contributed by atoms with Crippen molar-refractivity contribution in [2.75, 3.05) is 14.2 Å². The number of hydrogen-bond acceptors (Lipinski definition) is 7. The lowest BCUT2D eigenvalue weighted by Crippen LogP contribution is -2.38. The molecule has 0 N–H and O–H groups in total. The third kappa shape index (κ3) is 5.03. The zero-order valence-corrected chi connectivity index (χ0v) is 25.0. The first-order valence-corrected chi connectivity index (χ1v) is 15.1. The monoisotopic (exact) mass is 600 g/mol. The van der Waals surface area contributed by atoms with Gasteiger partial charge in [0.1, 0.15) is 17.2 Å². The molecule has 0 spiro atoms. The summed E-state index contributed by atoms with van der Waals surface area (Å²) in [6.45, 7) is 0. The van der Waals surface area contributed by atoms with Gasteiger partial charge in [-0.05, 0) is 89.7 Å². The van der Waals surface area contributed by atoms with Crippen molar-refractivity contribution >= 4 is 29.1 Å². The number of hydrogen-bond donors (Lipinski definition) is 0. The molecule has 7 nitrogen and oxygen atoms in total. The maximum atomic E-state index is 14.0. The van der Waals surface area contributed by atoms with E-state index >= 15 is 0 Å². The van der Waals surface area contributed by atoms with Gasteiger partial charge in [-0.2, -0.15) is 0 Å². The Hall–Kier alpha value is -5.21. The van der Waals surface area contributed by atoms with Crippen molar-refractivity contribution in [3.05, 3.63) is 150 Å². The molecule has 0 fully saturated rings. The number of allylic oxidation sites excluding steroid dienone is 1. The minimum atomic E-state index is -0.460. The molecule has 2 heterocycles. The maximum Gasteiger partial charge on any atom is 0.343 e. The van der Waals surface area contributed by atoms with Crippen LogP contribution >= 0.6 is 11.3 Å². The van der Waals surface area contributed by atoms with E-state index in [4.69, 9.17) is 19.2 Å². The number of ether oxygens (including phenoxy) is 3. The van der Waals surface area contributed by atoms with Crippen molar-refractivity contribution in [2.45, 2.75) is 18.9 Å². The number of benzene rings is 4. The predicted molar refractivity (Wildman–Crippen MR) is 170 cm³/mol. The fraction of sp³-hybridized carbons (Fsp3) is 0.139. The second-order valence-electron chi connectivity index (χ2n) is 10.6. The first kappa shape index (κ1) is 27.6. The van der Waals surface area contributed by atoms with Gasteiger partial charge in [0, 0.05) is 5.56 Å². The normalized spacial score (nSPS) is 15.5. The van der Waals surface area contributed by atoms with Gasteiger partial charge in [0.2, 0.25) is 0 Å². The number of aromatic nitrogens is 1. The van der Waals surface area contributed by atoms with E-state index in [1.165, 1.54) is 16.9 Å². The summed E-state index contributed by atoms with van der Waals surface area (Å²) in [6, 6.07) is 29.9. The van der Waals surface area contributed by atoms with Crippen LogP contribution in [0.4, 0.5) is 0 Å². The molecule has 2 aliphatic rings. The highest BCUT2D eigenvalue weighted by Gasteiger charge is 2.32. The number of nitrogens with zero attached hydrogens (tertiary/aromatic N) is 2. The van der Waals surface area contributed by atoms with Crippen LogP contribution in [0.15, 0.2) is 112 Å². The predicted octanol–water partition coefficient (Wildman–Crippen LogP) is 5.56. The van der Waals surface area contributed by atoms with Crippen LogP contribution in [0, 0.1) is 0 Å². The summed E-state index contributed by atoms with van der Waals surface area (Å²) >= 11 is 1.38. The van der Waals surface area contributed by atoms with Gasteiger partial charge < -0.3 is 14.2 Å². The average Bonchev–Trinajstić information content (AvgIpc) is 3.38. The first-order chi connectivity index (χ1) is 21.5. The lowest BCUT2D eigenvalue weighted by Gasteiger charge is -2.30. The summed E-state index contributed by atoms with van der Waals surface area (Å²) in [5, 5.41) is 0. The zero-order chi connectivity index (χ0) is 30.2. The largest absolute Gasteiger partial charge is 0.497 e. The maximum absolute atomic E-state index is 14.0. The molecule has 0 saturated carbocycles. The second kappa shape index (κ2) is 11.5. The standard InChI is InChI=1S/C36H28N2O5S/c1-41-26-16-9-24(10-17-26)33-30-20-13-23-5-3-4-6-29(23)32(30)37-36-38(33)34(39)31(44-36)21-22-7-14-28(15-8-22)43-35(40)25-11-18-27(42-2)19-12-25/h3-12,14-19,21,33H,13,20H2,1-2H3/b31-21-/t33-/m1/s1. The Kier molecular flexibility index (Phi) is 7.20. The van der Waals surface area contributed by atoms with Gasteiger partial charge in [-0.15, -0.1) is 0 Å². The molecule has 8 heteroatoms. The Morgan fingerprint density at radius 1 is 0.841 bits per heavy atom. The van der Waals surface area contributed by atoms with Gasteiger partial charge in [0.15, 0.2) is 4.80 Å². The highest BCUT2D eigenvalue weighted by atomic mass is 32.1. The summed E-state index contributed by atoms with van der Waals surface area (Å²) < 4.78 is 18.5. The topological polar surface area (TPSA) is 79.1 Å². The average molecular weight is 601 g/mol. The Morgan fingerprint density at radius 2 is 1.50 bits per heavy atom. The molecule has 1 aliphatic heterocycles. The molecule has 0 radical (unpaired) electrons. The number of aryl methyl sites for hydroxylation is 1. The highest BCUT2D eigenvalue weighted by molar-refractivity contribution is 7.07. The van der Waals surface area contributed by atoms with Crippen molar-refractivity contribution in [3.8, 4) is 17.2 Å². The molecule has 1 atom stereocenters. The van der Waals surface area contributed by atoms with Crippen LogP contribution in [0.3, 0.4) is 0 Å². The van der Waals surface area contributed by atoms with E-state index in [9.17, 15) is 9.59 Å². The summed E-state index contributed by atoms with van der Waals surface area (Å²) in [5.41, 5.74) is 6.68. The smallest absolute Gasteiger partial charge is 0.343 e. The molecule has 1 aliphatic carbocycles. The van der Waals surface area contributed by atoms with Crippen LogP contribution in [0.5, 0.6) is 17.2 Å². The minimum Gasteiger partial charge on any atom is -0.497 e. The molecule has 1 aromatic heterocycles. The molecule has 5 aromatic rings. The van der Waals surface area contributed by atoms with E-state index in [-0.39, 0.29) is 11.6 Å². The molecule has 218 valence electrons. The quantitative estimate of drug-likeness (QED) is 0.189. The van der Waals surface area contributed by atoms with E-state index in [1.54, 1.807) is 50.6 Å². The fourth-order valence-corrected chi connectivity index (χ4v) is 6.79. The summed E-state index contributed by atoms with van der Waals surface area (Å²) in [6.07, 6.45) is 3.59. The van der Waals surface area contributed by atoms with Crippen LogP contribution in [0.1, 0.15) is 45.1 Å². The first-order valence-electron chi connectivity index (χ1n) is 14.3. The zero-order valence-electron chi connectivity index (χ0n) is 24.2. The molecule has 0 saturated heterocycles. The Labute approximate surface area is 257 Å². The number of fused-ring (bicyclic) bond motifs is 3. The summed E-state index contributed by atoms with van der Waals surface area (Å²) in [7, 11) is 3.22. The highest BCUT2D eigenvalue weighted by Crippen LogP contribution is 2.41. The SMILES string of the molecule is COc1ccc(C(=O)Oc2ccc(/C=c3\sc4n(c3=O)[C@H](c3ccc(OC)cc3)C3=C(N=4)c4ccccc4CC3)cc2)cc1. The molecule has 4 aromatic carbocycles. The van der Waals surface area contributed by atoms with Crippen molar-refractivity contribution in [1.29, 1.82) is 0 Å². The number of esters is 1. The van der Waals surface area contributed by atoms with E-state index in [2.05, 4.69) is 18.2 Å². The minimum absolute atomic E-state index is 0.0880. The summed E-state index contributed by atoms with van der Waals surface area (Å²) in [5.74, 6) is 1.38. The fourth-order valence-electron chi connectivity index (χ4n) is 5.79. The lowest BCUT2D eigenvalue weighted by molar-refractivity contribution is 0.0734. The van der Waals surface area contributed by atoms with Crippen LogP contribution in [0.2, 0.25) is 0 Å². The molecular formula is C36H28N2O5S. The number of methoxy groups -OCH3 is 2. The van der Waals surface area contributed by atoms with E-state index in [1.807, 2.05) is 53.1 Å². The molecule has 44 heavy (non-hydrogen) atoms. The van der Waals surface area contributed by atoms with Crippen LogP contribution in [-0.4, -0.2) is 24.8 Å². The van der Waals surface area contributed by atoms with Gasteiger partial charge in [-0.3, -0.25) is 9.36 Å². The third-order valence-corrected chi connectivity index (χ3v) is 9.00. The third-order valence-electron chi connectivity index (χ3n) is 8.02. The number of thiazole rings is 1. The number of rotatable bonds is 6. The van der Waals surface area contributed by atoms with Gasteiger partial charge in [-0.25, -0.2) is 9.79 Å². The van der Waals surface area contributed by atoms with E-state index in [0.717, 1.165) is 46.6 Å². The van der Waals surface area contributed by atoms with Crippen LogP contribution in [0.25, 0.3) is 11.8 Å². The molecule has 0 unspecified atom stereocenters. The van der Waals surface area contributed by atoms with Crippen molar-refractivity contribution in [2.24, 2.45) is 4.99 Å². The molecule has 0 bridgehead atoms. The Balaban J connectivity index is 1.25. The number of carbonyl (C=O) groups is 1.